The van der Waals surface area contributed by atoms with Crippen LogP contribution < -0.4 is 28.5 Å². The summed E-state index contributed by atoms with van der Waals surface area (Å²) in [4.78, 5) is 15.7. The molecule has 0 saturated heterocycles. The molecule has 35 heavy (non-hydrogen) atoms. The van der Waals surface area contributed by atoms with Gasteiger partial charge in [-0.15, -0.1) is 0 Å². The molecule has 0 amide bonds. The van der Waals surface area contributed by atoms with Gasteiger partial charge < -0.3 is 33.6 Å². The average Bonchev–Trinajstić information content (AvgIpc) is 3.33. The van der Waals surface area contributed by atoms with Gasteiger partial charge in [-0.1, -0.05) is 88.0 Å². The lowest BCUT2D eigenvalue weighted by Crippen LogP contribution is -3.00. The number of carbonyl (C=O) groups is 1. The normalized spacial score (nSPS) is 14.6. The molecule has 0 radical (unpaired) electrons. The van der Waals surface area contributed by atoms with E-state index in [0.29, 0.717) is 6.61 Å². The largest absolute Gasteiger partial charge is 1.00 e. The lowest BCUT2D eigenvalue weighted by molar-refractivity contribution is -0.700. The fourth-order valence-electron chi connectivity index (χ4n) is 4.13. The van der Waals surface area contributed by atoms with Crippen molar-refractivity contribution in [2.75, 3.05) is 13.2 Å². The van der Waals surface area contributed by atoms with E-state index in [9.17, 15) is 4.79 Å². The maximum atomic E-state index is 12.5. The Hall–Kier alpha value is -0.800. The summed E-state index contributed by atoms with van der Waals surface area (Å²) in [6.07, 6.45) is 19.2. The first-order chi connectivity index (χ1) is 16.5. The summed E-state index contributed by atoms with van der Waals surface area (Å²) in [6.45, 7) is 13.0. The summed E-state index contributed by atoms with van der Waals surface area (Å²) in [5.41, 5.74) is 2.35. The summed E-state index contributed by atoms with van der Waals surface area (Å²) in [6, 6.07) is 0. The van der Waals surface area contributed by atoms with Gasteiger partial charge in [0.15, 0.2) is 4.88 Å². The molecule has 0 aliphatic carbocycles. The SMILES string of the molecule is CCCCCCCN1C(C)=CSC1=CC=Cc1sc(C(=O)OCC)c(C)[n+]1CCCCCCC.[I-]. The van der Waals surface area contributed by atoms with Crippen LogP contribution in [0.15, 0.2) is 28.3 Å². The number of rotatable bonds is 16. The highest BCUT2D eigenvalue weighted by atomic mass is 127. The van der Waals surface area contributed by atoms with E-state index in [2.05, 4.69) is 53.9 Å². The van der Waals surface area contributed by atoms with Crippen molar-refractivity contribution < 1.29 is 38.1 Å². The van der Waals surface area contributed by atoms with Crippen LogP contribution in [-0.2, 0) is 11.3 Å². The second-order valence-electron chi connectivity index (χ2n) is 8.95. The van der Waals surface area contributed by atoms with Gasteiger partial charge in [-0.3, -0.25) is 0 Å². The number of unbranched alkanes of at least 4 members (excludes halogenated alkanes) is 8. The van der Waals surface area contributed by atoms with Crippen LogP contribution in [0.2, 0.25) is 0 Å². The Labute approximate surface area is 239 Å². The zero-order chi connectivity index (χ0) is 24.8. The van der Waals surface area contributed by atoms with Crippen LogP contribution in [0, 0.1) is 6.92 Å². The van der Waals surface area contributed by atoms with Crippen molar-refractivity contribution in [3.05, 3.63) is 43.9 Å². The Morgan fingerprint density at radius 1 is 1.00 bits per heavy atom. The van der Waals surface area contributed by atoms with Gasteiger partial charge in [0.2, 0.25) is 5.69 Å². The Balaban J connectivity index is 0.00000612. The topological polar surface area (TPSA) is 33.4 Å². The molecule has 0 bridgehead atoms. The summed E-state index contributed by atoms with van der Waals surface area (Å²) in [7, 11) is 0. The molecule has 198 valence electrons. The predicted molar refractivity (Wildman–Crippen MR) is 148 cm³/mol. The molecule has 0 N–H and O–H groups in total. The van der Waals surface area contributed by atoms with Crippen molar-refractivity contribution in [1.82, 2.24) is 4.90 Å². The monoisotopic (exact) mass is 632 g/mol. The van der Waals surface area contributed by atoms with E-state index in [4.69, 9.17) is 4.74 Å². The second-order valence-corrected chi connectivity index (χ2v) is 10.9. The molecule has 2 rings (SSSR count). The maximum absolute atomic E-state index is 12.5. The molecule has 7 heteroatoms. The summed E-state index contributed by atoms with van der Waals surface area (Å²) in [5.74, 6) is -0.205. The maximum Gasteiger partial charge on any atom is 0.355 e. The van der Waals surface area contributed by atoms with Crippen LogP contribution >= 0.6 is 23.1 Å². The minimum Gasteiger partial charge on any atom is -1.00 e. The molecule has 2 heterocycles. The highest BCUT2D eigenvalue weighted by molar-refractivity contribution is 8.06. The Morgan fingerprint density at radius 2 is 1.66 bits per heavy atom. The van der Waals surface area contributed by atoms with Gasteiger partial charge in [-0.25, -0.2) is 4.79 Å². The molecule has 1 aromatic rings. The van der Waals surface area contributed by atoms with Crippen molar-refractivity contribution in [3.8, 4) is 0 Å². The second kappa shape index (κ2) is 18.4. The third kappa shape index (κ3) is 10.6. The number of carbonyl (C=O) groups excluding carboxylic acids is 1. The zero-order valence-electron chi connectivity index (χ0n) is 22.4. The first kappa shape index (κ1) is 32.2. The Kier molecular flexibility index (Phi) is 17.0. The number of hydrogen-bond donors (Lipinski definition) is 0. The van der Waals surface area contributed by atoms with Gasteiger partial charge >= 0.3 is 5.97 Å². The molecular formula is C28H45IN2O2S2. The summed E-state index contributed by atoms with van der Waals surface area (Å²) < 4.78 is 7.61. The fourth-order valence-corrected chi connectivity index (χ4v) is 6.16. The molecule has 0 fully saturated rings. The highest BCUT2D eigenvalue weighted by Gasteiger charge is 2.27. The van der Waals surface area contributed by atoms with Crippen LogP contribution in [0.3, 0.4) is 0 Å². The number of hydrogen-bond acceptors (Lipinski definition) is 5. The number of aromatic nitrogens is 1. The average molecular weight is 633 g/mol. The predicted octanol–water partition coefficient (Wildman–Crippen LogP) is 5.23. The van der Waals surface area contributed by atoms with Gasteiger partial charge in [0.25, 0.3) is 5.01 Å². The van der Waals surface area contributed by atoms with E-state index < -0.39 is 0 Å². The quantitative estimate of drug-likeness (QED) is 0.108. The number of thioether (sulfide) groups is 1. The molecule has 1 aliphatic rings. The molecule has 0 unspecified atom stereocenters. The summed E-state index contributed by atoms with van der Waals surface area (Å²) in [5, 5.41) is 4.65. The Bertz CT molecular complexity index is 861. The minimum absolute atomic E-state index is 0. The lowest BCUT2D eigenvalue weighted by atomic mass is 10.1. The van der Waals surface area contributed by atoms with Crippen LogP contribution in [-0.4, -0.2) is 24.0 Å². The van der Waals surface area contributed by atoms with Gasteiger partial charge in [0.05, 0.1) is 11.6 Å². The molecule has 0 saturated carbocycles. The lowest BCUT2D eigenvalue weighted by Gasteiger charge is -2.21. The van der Waals surface area contributed by atoms with Gasteiger partial charge in [-0.2, -0.15) is 4.57 Å². The first-order valence-electron chi connectivity index (χ1n) is 13.2. The molecule has 0 atom stereocenters. The summed E-state index contributed by atoms with van der Waals surface area (Å²) >= 11 is 3.35. The van der Waals surface area contributed by atoms with E-state index in [-0.39, 0.29) is 29.9 Å². The van der Waals surface area contributed by atoms with E-state index >= 15 is 0 Å². The van der Waals surface area contributed by atoms with E-state index in [1.54, 1.807) is 23.1 Å². The first-order valence-corrected chi connectivity index (χ1v) is 14.9. The van der Waals surface area contributed by atoms with Crippen molar-refractivity contribution in [2.45, 2.75) is 105 Å². The van der Waals surface area contributed by atoms with Gasteiger partial charge in [-0.05, 0) is 38.2 Å². The van der Waals surface area contributed by atoms with E-state index in [1.165, 1.54) is 68.5 Å². The number of esters is 1. The smallest absolute Gasteiger partial charge is 0.355 e. The number of thiazole rings is 1. The number of ether oxygens (including phenoxy) is 1. The highest BCUT2D eigenvalue weighted by Crippen LogP contribution is 2.34. The third-order valence-corrected chi connectivity index (χ3v) is 8.45. The van der Waals surface area contributed by atoms with E-state index in [1.807, 2.05) is 13.8 Å². The Morgan fingerprint density at radius 3 is 2.31 bits per heavy atom. The van der Waals surface area contributed by atoms with Crippen LogP contribution in [0.4, 0.5) is 0 Å². The van der Waals surface area contributed by atoms with Gasteiger partial charge in [0, 0.05) is 31.7 Å². The number of allylic oxidation sites excluding steroid dienone is 3. The van der Waals surface area contributed by atoms with E-state index in [0.717, 1.165) is 35.1 Å². The molecule has 1 aliphatic heterocycles. The van der Waals surface area contributed by atoms with Crippen molar-refractivity contribution in [2.24, 2.45) is 0 Å². The minimum atomic E-state index is -0.205. The molecule has 1 aromatic heterocycles. The molecule has 0 spiro atoms. The van der Waals surface area contributed by atoms with Crippen molar-refractivity contribution >= 4 is 35.1 Å². The zero-order valence-corrected chi connectivity index (χ0v) is 26.2. The third-order valence-electron chi connectivity index (χ3n) is 6.16. The number of halogens is 1. The molecular weight excluding hydrogens is 587 g/mol. The van der Waals surface area contributed by atoms with Crippen LogP contribution in [0.5, 0.6) is 0 Å². The fraction of sp³-hybridized carbons (Fsp3) is 0.643. The standard InChI is InChI=1S/C28H45N2O2S2.HI/c1-6-9-11-13-15-20-29-23(4)22-33-25(29)18-17-19-26-30(21-16-14-12-10-7-2)24(5)27(34-26)28(31)32-8-3;/h17-19,22H,6-16,20-21H2,1-5H3;1H/q+1;/p-1. The molecule has 4 nitrogen and oxygen atoms in total. The van der Waals surface area contributed by atoms with Crippen molar-refractivity contribution in [3.63, 3.8) is 0 Å². The molecule has 0 aromatic carbocycles. The van der Waals surface area contributed by atoms with Crippen LogP contribution in [0.25, 0.3) is 6.08 Å². The van der Waals surface area contributed by atoms with Crippen LogP contribution in [0.1, 0.15) is 112 Å². The van der Waals surface area contributed by atoms with Crippen molar-refractivity contribution in [1.29, 1.82) is 0 Å². The van der Waals surface area contributed by atoms with Gasteiger partial charge in [0.1, 0.15) is 6.54 Å². The number of nitrogens with zero attached hydrogens (tertiary/aromatic N) is 2.